The van der Waals surface area contributed by atoms with Gasteiger partial charge in [0.25, 0.3) is 0 Å². The zero-order chi connectivity index (χ0) is 12.0. The molecule has 0 unspecified atom stereocenters. The average Bonchev–Trinajstić information content (AvgIpc) is 2.60. The van der Waals surface area contributed by atoms with Gasteiger partial charge in [0.05, 0.1) is 11.1 Å². The molecule has 1 N–H and O–H groups in total. The summed E-state index contributed by atoms with van der Waals surface area (Å²) in [4.78, 5) is 12.1. The number of amides is 1. The van der Waals surface area contributed by atoms with Crippen molar-refractivity contribution >= 4 is 11.6 Å². The van der Waals surface area contributed by atoms with Crippen molar-refractivity contribution in [1.82, 2.24) is 0 Å². The molecule has 1 heterocycles. The third-order valence-electron chi connectivity index (χ3n) is 3.99. The zero-order valence-corrected chi connectivity index (χ0v) is 9.35. The maximum atomic E-state index is 13.6. The van der Waals surface area contributed by atoms with Gasteiger partial charge in [-0.3, -0.25) is 4.79 Å². The molecule has 3 rings (SSSR count). The monoisotopic (exact) mass is 237 g/mol. The van der Waals surface area contributed by atoms with Crippen LogP contribution in [0.15, 0.2) is 12.1 Å². The first-order chi connectivity index (χ1) is 8.15. The fraction of sp³-hybridized carbons (Fsp3) is 0.462. The minimum absolute atomic E-state index is 0.0527. The van der Waals surface area contributed by atoms with Gasteiger partial charge in [-0.05, 0) is 24.5 Å². The first-order valence-electron chi connectivity index (χ1n) is 5.95. The van der Waals surface area contributed by atoms with Crippen LogP contribution in [0.25, 0.3) is 0 Å². The molecular formula is C13H13F2NO. The number of hydrogen-bond acceptors (Lipinski definition) is 1. The third-order valence-corrected chi connectivity index (χ3v) is 3.99. The fourth-order valence-electron chi connectivity index (χ4n) is 3.08. The molecule has 17 heavy (non-hydrogen) atoms. The summed E-state index contributed by atoms with van der Waals surface area (Å²) in [7, 11) is 0. The molecule has 1 aromatic carbocycles. The van der Waals surface area contributed by atoms with E-state index in [1.54, 1.807) is 6.07 Å². The number of hydrogen-bond donors (Lipinski definition) is 1. The Labute approximate surface area is 98.0 Å². The molecule has 1 spiro atoms. The second kappa shape index (κ2) is 3.52. The van der Waals surface area contributed by atoms with Gasteiger partial charge in [0, 0.05) is 0 Å². The molecule has 0 bridgehead atoms. The molecule has 2 nitrogen and oxygen atoms in total. The Morgan fingerprint density at radius 1 is 1.12 bits per heavy atom. The maximum absolute atomic E-state index is 13.6. The van der Waals surface area contributed by atoms with Crippen LogP contribution in [0.1, 0.15) is 37.7 Å². The molecule has 1 fully saturated rings. The summed E-state index contributed by atoms with van der Waals surface area (Å²) < 4.78 is 26.8. The molecule has 0 saturated heterocycles. The van der Waals surface area contributed by atoms with Crippen LogP contribution in [0.5, 0.6) is 0 Å². The largest absolute Gasteiger partial charge is 0.322 e. The maximum Gasteiger partial charge on any atom is 0.235 e. The molecule has 1 aliphatic carbocycles. The van der Waals surface area contributed by atoms with E-state index in [1.807, 2.05) is 0 Å². The highest BCUT2D eigenvalue weighted by molar-refractivity contribution is 6.06. The molecule has 1 amide bonds. The Morgan fingerprint density at radius 2 is 1.82 bits per heavy atom. The number of halogens is 2. The lowest BCUT2D eigenvalue weighted by atomic mass is 9.70. The lowest BCUT2D eigenvalue weighted by Gasteiger charge is -2.31. The Balaban J connectivity index is 2.16. The highest BCUT2D eigenvalue weighted by Gasteiger charge is 2.48. The summed E-state index contributed by atoms with van der Waals surface area (Å²) in [5.41, 5.74) is 0.0836. The number of anilines is 1. The van der Waals surface area contributed by atoms with E-state index < -0.39 is 17.0 Å². The molecule has 2 aliphatic rings. The van der Waals surface area contributed by atoms with Gasteiger partial charge >= 0.3 is 0 Å². The van der Waals surface area contributed by atoms with E-state index >= 15 is 0 Å². The van der Waals surface area contributed by atoms with Gasteiger partial charge in [-0.1, -0.05) is 25.3 Å². The van der Waals surface area contributed by atoms with Crippen LogP contribution in [0, 0.1) is 11.6 Å². The van der Waals surface area contributed by atoms with Crippen molar-refractivity contribution in [2.45, 2.75) is 37.5 Å². The summed E-state index contributed by atoms with van der Waals surface area (Å²) in [6, 6.07) is 2.67. The minimum atomic E-state index is -0.932. The van der Waals surface area contributed by atoms with E-state index in [0.717, 1.165) is 38.2 Å². The van der Waals surface area contributed by atoms with Gasteiger partial charge in [0.15, 0.2) is 11.6 Å². The van der Waals surface area contributed by atoms with E-state index in [0.29, 0.717) is 5.56 Å². The molecule has 0 radical (unpaired) electrons. The van der Waals surface area contributed by atoms with Gasteiger partial charge in [-0.25, -0.2) is 8.78 Å². The standard InChI is InChI=1S/C13H13F2NO/c14-9-5-4-8-11(10(9)15)16-12(17)13(8)6-2-1-3-7-13/h4-5H,1-3,6-7H2,(H,16,17). The van der Waals surface area contributed by atoms with E-state index in [2.05, 4.69) is 5.32 Å². The molecule has 4 heteroatoms. The van der Waals surface area contributed by atoms with Crippen molar-refractivity contribution in [3.63, 3.8) is 0 Å². The van der Waals surface area contributed by atoms with Crippen LogP contribution in [0.4, 0.5) is 14.5 Å². The number of rotatable bonds is 0. The predicted molar refractivity (Wildman–Crippen MR) is 59.8 cm³/mol. The first-order valence-corrected chi connectivity index (χ1v) is 5.95. The second-order valence-corrected chi connectivity index (χ2v) is 4.88. The smallest absolute Gasteiger partial charge is 0.235 e. The summed E-state index contributed by atoms with van der Waals surface area (Å²) in [6.45, 7) is 0. The number of nitrogens with one attached hydrogen (secondary N) is 1. The lowest BCUT2D eigenvalue weighted by Crippen LogP contribution is -2.36. The van der Waals surface area contributed by atoms with Crippen molar-refractivity contribution < 1.29 is 13.6 Å². The van der Waals surface area contributed by atoms with Crippen LogP contribution in [0.3, 0.4) is 0 Å². The third kappa shape index (κ3) is 1.33. The Kier molecular flexibility index (Phi) is 2.21. The summed E-state index contributed by atoms with van der Waals surface area (Å²) in [5, 5.41) is 2.51. The van der Waals surface area contributed by atoms with Gasteiger partial charge in [-0.15, -0.1) is 0 Å². The highest BCUT2D eigenvalue weighted by Crippen LogP contribution is 2.48. The van der Waals surface area contributed by atoms with Crippen molar-refractivity contribution in [2.24, 2.45) is 0 Å². The molecule has 0 atom stereocenters. The summed E-state index contributed by atoms with van der Waals surface area (Å²) in [5.74, 6) is -2.01. The highest BCUT2D eigenvalue weighted by atomic mass is 19.2. The van der Waals surface area contributed by atoms with Crippen LogP contribution < -0.4 is 5.32 Å². The fourth-order valence-corrected chi connectivity index (χ4v) is 3.08. The Hall–Kier alpha value is -1.45. The molecular weight excluding hydrogens is 224 g/mol. The van der Waals surface area contributed by atoms with E-state index in [1.165, 1.54) is 0 Å². The molecule has 1 saturated carbocycles. The molecule has 90 valence electrons. The van der Waals surface area contributed by atoms with Gasteiger partial charge < -0.3 is 5.32 Å². The van der Waals surface area contributed by atoms with E-state index in [9.17, 15) is 13.6 Å². The van der Waals surface area contributed by atoms with Gasteiger partial charge in [-0.2, -0.15) is 0 Å². The summed E-state index contributed by atoms with van der Waals surface area (Å²) in [6.07, 6.45) is 4.50. The van der Waals surface area contributed by atoms with E-state index in [-0.39, 0.29) is 11.6 Å². The van der Waals surface area contributed by atoms with Gasteiger partial charge in [0.1, 0.15) is 0 Å². The number of carbonyl (C=O) groups is 1. The van der Waals surface area contributed by atoms with Crippen LogP contribution in [-0.2, 0) is 10.2 Å². The molecule has 1 aromatic rings. The average molecular weight is 237 g/mol. The molecule has 0 aromatic heterocycles. The second-order valence-electron chi connectivity index (χ2n) is 4.88. The summed E-state index contributed by atoms with van der Waals surface area (Å²) >= 11 is 0. The lowest BCUT2D eigenvalue weighted by molar-refractivity contribution is -0.121. The van der Waals surface area contributed by atoms with E-state index in [4.69, 9.17) is 0 Å². The van der Waals surface area contributed by atoms with Crippen LogP contribution in [-0.4, -0.2) is 5.91 Å². The van der Waals surface area contributed by atoms with Crippen LogP contribution >= 0.6 is 0 Å². The number of carbonyl (C=O) groups excluding carboxylic acids is 1. The van der Waals surface area contributed by atoms with Crippen molar-refractivity contribution in [2.75, 3.05) is 5.32 Å². The normalized spacial score (nSPS) is 21.4. The topological polar surface area (TPSA) is 29.1 Å². The Morgan fingerprint density at radius 3 is 2.53 bits per heavy atom. The SMILES string of the molecule is O=C1Nc2c(ccc(F)c2F)C12CCCCC2. The first kappa shape index (κ1) is 10.7. The zero-order valence-electron chi connectivity index (χ0n) is 9.35. The predicted octanol–water partition coefficient (Wildman–Crippen LogP) is 3.12. The quantitative estimate of drug-likeness (QED) is 0.738. The minimum Gasteiger partial charge on any atom is -0.322 e. The van der Waals surface area contributed by atoms with Crippen LogP contribution in [0.2, 0.25) is 0 Å². The van der Waals surface area contributed by atoms with Gasteiger partial charge in [0.2, 0.25) is 5.91 Å². The number of benzene rings is 1. The number of fused-ring (bicyclic) bond motifs is 2. The van der Waals surface area contributed by atoms with Crippen molar-refractivity contribution in [1.29, 1.82) is 0 Å². The van der Waals surface area contributed by atoms with Crippen molar-refractivity contribution in [3.05, 3.63) is 29.3 Å². The Bertz CT molecular complexity index is 492. The molecule has 1 aliphatic heterocycles. The van der Waals surface area contributed by atoms with Crippen molar-refractivity contribution in [3.8, 4) is 0 Å².